The Morgan fingerprint density at radius 1 is 0.462 bits per heavy atom. The van der Waals surface area contributed by atoms with Gasteiger partial charge in [0.05, 0.1) is 18.8 Å². The molecule has 0 aliphatic heterocycles. The van der Waals surface area contributed by atoms with Gasteiger partial charge in [-0.15, -0.1) is 0 Å². The maximum atomic E-state index is 12.5. The van der Waals surface area contributed by atoms with Crippen LogP contribution in [0.25, 0.3) is 0 Å². The lowest BCUT2D eigenvalue weighted by Gasteiger charge is -2.23. The van der Waals surface area contributed by atoms with E-state index in [2.05, 4.69) is 43.5 Å². The summed E-state index contributed by atoms with van der Waals surface area (Å²) in [4.78, 5) is 12.5. The largest absolute Gasteiger partial charge is 0.394 e. The number of allylic oxidation sites excluding steroid dienone is 4. The molecule has 3 unspecified atom stereocenters. The standard InChI is InChI=1S/C47H91NO4/c1-3-5-7-9-11-13-15-17-19-21-22-23-24-25-26-28-29-31-33-35-37-39-41-45(50)44(43-49)48-47(52)46(51)42-40-38-36-34-32-30-27-20-18-16-14-12-10-8-6-4-2/h12,14,18,20,44-46,49-51H,3-11,13,15-17,19,21-43H2,1-2H3,(H,48,52)/b14-12-,20-18-. The Morgan fingerprint density at radius 2 is 0.788 bits per heavy atom. The molecular formula is C47H91NO4. The van der Waals surface area contributed by atoms with Crippen molar-refractivity contribution in [1.29, 1.82) is 0 Å². The minimum Gasteiger partial charge on any atom is -0.394 e. The number of amides is 1. The highest BCUT2D eigenvalue weighted by molar-refractivity contribution is 5.80. The van der Waals surface area contributed by atoms with Crippen molar-refractivity contribution in [2.75, 3.05) is 6.61 Å². The number of aliphatic hydroxyl groups is 3. The van der Waals surface area contributed by atoms with Gasteiger partial charge in [-0.1, -0.05) is 224 Å². The fourth-order valence-electron chi connectivity index (χ4n) is 7.16. The van der Waals surface area contributed by atoms with Crippen molar-refractivity contribution in [2.24, 2.45) is 0 Å². The van der Waals surface area contributed by atoms with E-state index >= 15 is 0 Å². The number of hydrogen-bond donors (Lipinski definition) is 4. The van der Waals surface area contributed by atoms with E-state index in [1.807, 2.05) is 0 Å². The van der Waals surface area contributed by atoms with Crippen LogP contribution in [-0.2, 0) is 4.79 Å². The van der Waals surface area contributed by atoms with Gasteiger partial charge in [-0.3, -0.25) is 4.79 Å². The summed E-state index contributed by atoms with van der Waals surface area (Å²) >= 11 is 0. The van der Waals surface area contributed by atoms with Crippen molar-refractivity contribution in [1.82, 2.24) is 5.32 Å². The summed E-state index contributed by atoms with van der Waals surface area (Å²) in [6, 6.07) is -0.715. The van der Waals surface area contributed by atoms with Crippen LogP contribution in [-0.4, -0.2) is 46.1 Å². The SMILES string of the molecule is CCCCC/C=C\C/C=C\CCCCCCCCC(O)C(=O)NC(CO)C(O)CCCCCCCCCCCCCCCCCCCCCCCC. The summed E-state index contributed by atoms with van der Waals surface area (Å²) in [5.74, 6) is -0.477. The van der Waals surface area contributed by atoms with Gasteiger partial charge in [-0.05, 0) is 44.9 Å². The van der Waals surface area contributed by atoms with Gasteiger partial charge in [0.15, 0.2) is 0 Å². The van der Waals surface area contributed by atoms with Crippen molar-refractivity contribution in [3.05, 3.63) is 24.3 Å². The molecule has 0 fully saturated rings. The van der Waals surface area contributed by atoms with Crippen molar-refractivity contribution < 1.29 is 20.1 Å². The van der Waals surface area contributed by atoms with Crippen molar-refractivity contribution >= 4 is 5.91 Å². The summed E-state index contributed by atoms with van der Waals surface area (Å²) < 4.78 is 0. The lowest BCUT2D eigenvalue weighted by Crippen LogP contribution is -2.49. The molecule has 0 radical (unpaired) electrons. The molecule has 0 aliphatic rings. The lowest BCUT2D eigenvalue weighted by molar-refractivity contribution is -0.131. The summed E-state index contributed by atoms with van der Waals surface area (Å²) in [6.07, 6.45) is 51.8. The molecule has 0 aliphatic carbocycles. The van der Waals surface area contributed by atoms with Crippen LogP contribution in [0.4, 0.5) is 0 Å². The van der Waals surface area contributed by atoms with Gasteiger partial charge in [0, 0.05) is 0 Å². The molecule has 0 bridgehead atoms. The van der Waals surface area contributed by atoms with E-state index in [1.165, 1.54) is 173 Å². The van der Waals surface area contributed by atoms with Crippen LogP contribution in [0.15, 0.2) is 24.3 Å². The molecule has 52 heavy (non-hydrogen) atoms. The van der Waals surface area contributed by atoms with Gasteiger partial charge in [0.2, 0.25) is 5.91 Å². The van der Waals surface area contributed by atoms with Crippen LogP contribution in [0, 0.1) is 0 Å². The maximum absolute atomic E-state index is 12.5. The number of carbonyl (C=O) groups is 1. The average Bonchev–Trinajstić information content (AvgIpc) is 3.15. The Hall–Kier alpha value is -1.17. The molecule has 4 N–H and O–H groups in total. The average molecular weight is 734 g/mol. The minimum atomic E-state index is -1.08. The van der Waals surface area contributed by atoms with E-state index in [9.17, 15) is 20.1 Å². The molecule has 0 aromatic carbocycles. The van der Waals surface area contributed by atoms with Crippen LogP contribution >= 0.6 is 0 Å². The first kappa shape index (κ1) is 50.8. The molecule has 308 valence electrons. The van der Waals surface area contributed by atoms with Crippen LogP contribution in [0.5, 0.6) is 0 Å². The lowest BCUT2D eigenvalue weighted by atomic mass is 10.0. The second-order valence-corrected chi connectivity index (χ2v) is 16.0. The number of rotatable bonds is 42. The topological polar surface area (TPSA) is 89.8 Å². The molecule has 0 spiro atoms. The fraction of sp³-hybridized carbons (Fsp3) is 0.894. The predicted octanol–water partition coefficient (Wildman–Crippen LogP) is 13.4. The predicted molar refractivity (Wildman–Crippen MR) is 227 cm³/mol. The number of carbonyl (C=O) groups excluding carboxylic acids is 1. The zero-order valence-electron chi connectivity index (χ0n) is 35.0. The molecule has 0 aromatic heterocycles. The second kappa shape index (κ2) is 42.6. The minimum absolute atomic E-state index is 0.316. The Labute approximate surface area is 324 Å². The van der Waals surface area contributed by atoms with Gasteiger partial charge in [0.25, 0.3) is 0 Å². The fourth-order valence-corrected chi connectivity index (χ4v) is 7.16. The highest BCUT2D eigenvalue weighted by Gasteiger charge is 2.23. The quantitative estimate of drug-likeness (QED) is 0.0371. The highest BCUT2D eigenvalue weighted by Crippen LogP contribution is 2.17. The van der Waals surface area contributed by atoms with E-state index in [-0.39, 0.29) is 6.61 Å². The smallest absolute Gasteiger partial charge is 0.249 e. The summed E-state index contributed by atoms with van der Waals surface area (Å²) in [7, 11) is 0. The van der Waals surface area contributed by atoms with Crippen LogP contribution in [0.1, 0.15) is 245 Å². The molecule has 1 amide bonds. The first-order valence-electron chi connectivity index (χ1n) is 23.1. The van der Waals surface area contributed by atoms with Gasteiger partial charge in [0.1, 0.15) is 6.10 Å². The summed E-state index contributed by atoms with van der Waals surface area (Å²) in [6.45, 7) is 4.21. The Balaban J connectivity index is 3.60. The van der Waals surface area contributed by atoms with E-state index < -0.39 is 24.2 Å². The second-order valence-electron chi connectivity index (χ2n) is 16.0. The van der Waals surface area contributed by atoms with Gasteiger partial charge < -0.3 is 20.6 Å². The monoisotopic (exact) mass is 734 g/mol. The number of hydrogen-bond acceptors (Lipinski definition) is 4. The molecule has 0 aromatic rings. The maximum Gasteiger partial charge on any atom is 0.249 e. The zero-order valence-corrected chi connectivity index (χ0v) is 35.0. The van der Waals surface area contributed by atoms with Crippen LogP contribution in [0.3, 0.4) is 0 Å². The number of nitrogens with one attached hydrogen (secondary N) is 1. The summed E-state index contributed by atoms with van der Waals surface area (Å²) in [5.41, 5.74) is 0. The Kier molecular flexibility index (Phi) is 41.6. The van der Waals surface area contributed by atoms with E-state index in [4.69, 9.17) is 0 Å². The third-order valence-corrected chi connectivity index (χ3v) is 10.8. The first-order valence-corrected chi connectivity index (χ1v) is 23.1. The number of unbranched alkanes of at least 4 members (excludes halogenated alkanes) is 30. The normalized spacial score (nSPS) is 13.7. The molecular weight excluding hydrogens is 643 g/mol. The Bertz CT molecular complexity index is 768. The van der Waals surface area contributed by atoms with Crippen molar-refractivity contribution in [3.8, 4) is 0 Å². The number of aliphatic hydroxyl groups excluding tert-OH is 3. The van der Waals surface area contributed by atoms with Gasteiger partial charge >= 0.3 is 0 Å². The molecule has 0 rings (SSSR count). The van der Waals surface area contributed by atoms with E-state index in [0.717, 1.165) is 44.9 Å². The molecule has 5 nitrogen and oxygen atoms in total. The summed E-state index contributed by atoms with van der Waals surface area (Å²) in [5, 5.41) is 33.4. The van der Waals surface area contributed by atoms with Crippen LogP contribution < -0.4 is 5.32 Å². The first-order chi connectivity index (χ1) is 25.6. The van der Waals surface area contributed by atoms with Crippen molar-refractivity contribution in [3.63, 3.8) is 0 Å². The zero-order chi connectivity index (χ0) is 38.0. The van der Waals surface area contributed by atoms with E-state index in [0.29, 0.717) is 12.8 Å². The Morgan fingerprint density at radius 3 is 1.19 bits per heavy atom. The van der Waals surface area contributed by atoms with Gasteiger partial charge in [-0.25, -0.2) is 0 Å². The molecule has 0 heterocycles. The third kappa shape index (κ3) is 37.2. The van der Waals surface area contributed by atoms with Crippen molar-refractivity contribution in [2.45, 2.75) is 263 Å². The molecule has 5 heteroatoms. The van der Waals surface area contributed by atoms with Crippen LogP contribution in [0.2, 0.25) is 0 Å². The highest BCUT2D eigenvalue weighted by atomic mass is 16.3. The van der Waals surface area contributed by atoms with Gasteiger partial charge in [-0.2, -0.15) is 0 Å². The molecule has 3 atom stereocenters. The molecule has 0 saturated carbocycles. The third-order valence-electron chi connectivity index (χ3n) is 10.8. The van der Waals surface area contributed by atoms with E-state index in [1.54, 1.807) is 0 Å². The molecule has 0 saturated heterocycles.